The fraction of sp³-hybridized carbons (Fsp3) is 0.188. The van der Waals surface area contributed by atoms with Crippen LogP contribution in [0.1, 0.15) is 12.8 Å². The molecule has 0 bridgehead atoms. The Balaban J connectivity index is 1.80. The molecule has 1 amide bonds. The van der Waals surface area contributed by atoms with Crippen LogP contribution < -0.4 is 4.90 Å². The molecule has 4 rings (SSSR count). The number of benzene rings is 1. The lowest BCUT2D eigenvalue weighted by molar-refractivity contribution is -0.117. The molecular weight excluding hydrogens is 344 g/mol. The molecule has 0 aliphatic carbocycles. The second kappa shape index (κ2) is 5.21. The molecule has 22 heavy (non-hydrogen) atoms. The van der Waals surface area contributed by atoms with E-state index >= 15 is 0 Å². The van der Waals surface area contributed by atoms with Gasteiger partial charge in [-0.05, 0) is 46.6 Å². The molecule has 3 heterocycles. The maximum Gasteiger partial charge on any atom is 0.227 e. The molecular formula is C16H13BrN4O. The van der Waals surface area contributed by atoms with Crippen LogP contribution in [0.5, 0.6) is 0 Å². The van der Waals surface area contributed by atoms with Gasteiger partial charge in [0.15, 0.2) is 5.65 Å². The van der Waals surface area contributed by atoms with Crippen LogP contribution >= 0.6 is 15.9 Å². The van der Waals surface area contributed by atoms with Gasteiger partial charge in [-0.3, -0.25) is 9.36 Å². The number of imidazole rings is 1. The van der Waals surface area contributed by atoms with E-state index in [0.717, 1.165) is 40.0 Å². The van der Waals surface area contributed by atoms with E-state index in [-0.39, 0.29) is 5.91 Å². The summed E-state index contributed by atoms with van der Waals surface area (Å²) in [7, 11) is 0. The van der Waals surface area contributed by atoms with Gasteiger partial charge in [0.05, 0.1) is 5.69 Å². The summed E-state index contributed by atoms with van der Waals surface area (Å²) in [4.78, 5) is 22.6. The molecule has 1 aromatic carbocycles. The average Bonchev–Trinajstić information content (AvgIpc) is 3.13. The lowest BCUT2D eigenvalue weighted by Crippen LogP contribution is -2.23. The predicted molar refractivity (Wildman–Crippen MR) is 88.2 cm³/mol. The van der Waals surface area contributed by atoms with Gasteiger partial charge < -0.3 is 4.90 Å². The standard InChI is InChI=1S/C16H13BrN4O/c17-11-7-14-16(18-9-11)21(10-19-14)13-4-1-3-12(8-13)20-6-2-5-15(20)22/h1,3-4,7-10H,2,5-6H2. The summed E-state index contributed by atoms with van der Waals surface area (Å²) in [5.41, 5.74) is 3.51. The number of nitrogens with zero attached hydrogens (tertiary/aromatic N) is 4. The number of amides is 1. The SMILES string of the molecule is O=C1CCCN1c1cccc(-n2cnc3cc(Br)cnc32)c1. The fourth-order valence-electron chi connectivity index (χ4n) is 2.80. The predicted octanol–water partition coefficient (Wildman–Crippen LogP) is 3.31. The second-order valence-electron chi connectivity index (χ2n) is 5.28. The van der Waals surface area contributed by atoms with Gasteiger partial charge in [-0.2, -0.15) is 0 Å². The molecule has 2 aromatic heterocycles. The Labute approximate surface area is 135 Å². The van der Waals surface area contributed by atoms with Crippen LogP contribution in [0.3, 0.4) is 0 Å². The molecule has 0 atom stereocenters. The van der Waals surface area contributed by atoms with Crippen molar-refractivity contribution < 1.29 is 4.79 Å². The van der Waals surface area contributed by atoms with Gasteiger partial charge >= 0.3 is 0 Å². The first-order valence-electron chi connectivity index (χ1n) is 7.12. The van der Waals surface area contributed by atoms with E-state index in [9.17, 15) is 4.79 Å². The van der Waals surface area contributed by atoms with Gasteiger partial charge in [-0.25, -0.2) is 9.97 Å². The second-order valence-corrected chi connectivity index (χ2v) is 6.20. The molecule has 0 unspecified atom stereocenters. The Morgan fingerprint density at radius 1 is 1.14 bits per heavy atom. The van der Waals surface area contributed by atoms with E-state index in [0.29, 0.717) is 6.42 Å². The third-order valence-electron chi connectivity index (χ3n) is 3.85. The summed E-state index contributed by atoms with van der Waals surface area (Å²) < 4.78 is 2.84. The van der Waals surface area contributed by atoms with Crippen molar-refractivity contribution in [1.82, 2.24) is 14.5 Å². The number of anilines is 1. The van der Waals surface area contributed by atoms with E-state index in [4.69, 9.17) is 0 Å². The van der Waals surface area contributed by atoms with E-state index in [1.807, 2.05) is 39.8 Å². The molecule has 110 valence electrons. The smallest absolute Gasteiger partial charge is 0.227 e. The van der Waals surface area contributed by atoms with Crippen LogP contribution in [0.25, 0.3) is 16.9 Å². The topological polar surface area (TPSA) is 51.0 Å². The largest absolute Gasteiger partial charge is 0.312 e. The number of rotatable bonds is 2. The normalized spacial score (nSPS) is 15.0. The highest BCUT2D eigenvalue weighted by Gasteiger charge is 2.22. The zero-order valence-corrected chi connectivity index (χ0v) is 13.3. The third-order valence-corrected chi connectivity index (χ3v) is 4.28. The van der Waals surface area contributed by atoms with Crippen molar-refractivity contribution >= 4 is 38.7 Å². The molecule has 5 nitrogen and oxygen atoms in total. The summed E-state index contributed by atoms with van der Waals surface area (Å²) in [5, 5.41) is 0. The summed E-state index contributed by atoms with van der Waals surface area (Å²) in [6, 6.07) is 9.87. The van der Waals surface area contributed by atoms with E-state index in [1.165, 1.54) is 0 Å². The van der Waals surface area contributed by atoms with Gasteiger partial charge in [0, 0.05) is 29.3 Å². The number of fused-ring (bicyclic) bond motifs is 1. The molecule has 1 saturated heterocycles. The fourth-order valence-corrected chi connectivity index (χ4v) is 3.12. The van der Waals surface area contributed by atoms with Gasteiger partial charge in [-0.1, -0.05) is 6.07 Å². The van der Waals surface area contributed by atoms with Crippen molar-refractivity contribution in [3.05, 3.63) is 47.3 Å². The monoisotopic (exact) mass is 356 g/mol. The van der Waals surface area contributed by atoms with E-state index < -0.39 is 0 Å². The first-order chi connectivity index (χ1) is 10.7. The average molecular weight is 357 g/mol. The number of carbonyl (C=O) groups is 1. The van der Waals surface area contributed by atoms with Crippen molar-refractivity contribution in [2.24, 2.45) is 0 Å². The number of hydrogen-bond donors (Lipinski definition) is 0. The Kier molecular flexibility index (Phi) is 3.18. The van der Waals surface area contributed by atoms with Crippen LogP contribution in [0.15, 0.2) is 47.3 Å². The van der Waals surface area contributed by atoms with Crippen LogP contribution in [0.2, 0.25) is 0 Å². The molecule has 3 aromatic rings. The van der Waals surface area contributed by atoms with Crippen LogP contribution in [-0.2, 0) is 4.79 Å². The van der Waals surface area contributed by atoms with Gasteiger partial charge in [0.25, 0.3) is 0 Å². The van der Waals surface area contributed by atoms with Crippen LogP contribution in [0, 0.1) is 0 Å². The number of hydrogen-bond acceptors (Lipinski definition) is 3. The summed E-state index contributed by atoms with van der Waals surface area (Å²) in [6.45, 7) is 0.790. The number of pyridine rings is 1. The maximum atomic E-state index is 11.9. The Morgan fingerprint density at radius 3 is 2.82 bits per heavy atom. The molecule has 1 aliphatic heterocycles. The molecule has 0 N–H and O–H groups in total. The third kappa shape index (κ3) is 2.20. The molecule has 0 spiro atoms. The van der Waals surface area contributed by atoms with E-state index in [2.05, 4.69) is 25.9 Å². The zero-order chi connectivity index (χ0) is 15.1. The van der Waals surface area contributed by atoms with Crippen LogP contribution in [-0.4, -0.2) is 27.0 Å². The molecule has 6 heteroatoms. The molecule has 1 aliphatic rings. The van der Waals surface area contributed by atoms with E-state index in [1.54, 1.807) is 12.5 Å². The van der Waals surface area contributed by atoms with Gasteiger partial charge in [-0.15, -0.1) is 0 Å². The van der Waals surface area contributed by atoms with Crippen molar-refractivity contribution in [2.75, 3.05) is 11.4 Å². The highest BCUT2D eigenvalue weighted by molar-refractivity contribution is 9.10. The highest BCUT2D eigenvalue weighted by atomic mass is 79.9. The summed E-state index contributed by atoms with van der Waals surface area (Å²) in [5.74, 6) is 0.190. The van der Waals surface area contributed by atoms with Gasteiger partial charge in [0.1, 0.15) is 11.8 Å². The van der Waals surface area contributed by atoms with Crippen molar-refractivity contribution in [2.45, 2.75) is 12.8 Å². The number of carbonyl (C=O) groups excluding carboxylic acids is 1. The Bertz CT molecular complexity index is 873. The number of halogens is 1. The minimum absolute atomic E-state index is 0.190. The van der Waals surface area contributed by atoms with Gasteiger partial charge in [0.2, 0.25) is 5.91 Å². The van der Waals surface area contributed by atoms with Crippen molar-refractivity contribution in [3.63, 3.8) is 0 Å². The van der Waals surface area contributed by atoms with Crippen LogP contribution in [0.4, 0.5) is 5.69 Å². The van der Waals surface area contributed by atoms with Crippen molar-refractivity contribution in [3.8, 4) is 5.69 Å². The summed E-state index contributed by atoms with van der Waals surface area (Å²) >= 11 is 3.40. The minimum atomic E-state index is 0.190. The lowest BCUT2D eigenvalue weighted by Gasteiger charge is -2.16. The molecule has 1 fully saturated rings. The summed E-state index contributed by atoms with van der Waals surface area (Å²) in [6.07, 6.45) is 5.07. The number of aromatic nitrogens is 3. The maximum absolute atomic E-state index is 11.9. The van der Waals surface area contributed by atoms with Crippen molar-refractivity contribution in [1.29, 1.82) is 0 Å². The Hall–Kier alpha value is -2.21. The minimum Gasteiger partial charge on any atom is -0.312 e. The molecule has 0 radical (unpaired) electrons. The highest BCUT2D eigenvalue weighted by Crippen LogP contribution is 2.25. The lowest BCUT2D eigenvalue weighted by atomic mass is 10.2. The molecule has 0 saturated carbocycles. The first kappa shape index (κ1) is 13.5. The quantitative estimate of drug-likeness (QED) is 0.707. The Morgan fingerprint density at radius 2 is 2.00 bits per heavy atom. The zero-order valence-electron chi connectivity index (χ0n) is 11.7. The first-order valence-corrected chi connectivity index (χ1v) is 7.91.